The molecule has 1 fully saturated rings. The van der Waals surface area contributed by atoms with Gasteiger partial charge in [-0.15, -0.1) is 0 Å². The molecule has 0 aromatic rings. The zero-order valence-corrected chi connectivity index (χ0v) is 9.39. The Labute approximate surface area is 82.0 Å². The van der Waals surface area contributed by atoms with Crippen molar-refractivity contribution in [2.45, 2.75) is 52.2 Å². The van der Waals surface area contributed by atoms with E-state index in [0.29, 0.717) is 6.10 Å². The van der Waals surface area contributed by atoms with Crippen LogP contribution >= 0.6 is 0 Å². The first-order valence-electron chi connectivity index (χ1n) is 5.38. The lowest BCUT2D eigenvalue weighted by Crippen LogP contribution is -2.50. The minimum absolute atomic E-state index is 0.0277. The Morgan fingerprint density at radius 2 is 2.15 bits per heavy atom. The van der Waals surface area contributed by atoms with E-state index in [1.54, 1.807) is 0 Å². The van der Waals surface area contributed by atoms with Crippen molar-refractivity contribution >= 4 is 0 Å². The highest BCUT2D eigenvalue weighted by molar-refractivity contribution is 4.81. The number of morpholine rings is 1. The zero-order chi connectivity index (χ0) is 9.90. The van der Waals surface area contributed by atoms with E-state index in [0.717, 1.165) is 19.0 Å². The maximum absolute atomic E-state index is 5.96. The molecule has 1 aliphatic rings. The molecule has 0 aliphatic carbocycles. The first-order valence-corrected chi connectivity index (χ1v) is 5.38. The topological polar surface area (TPSA) is 21.3 Å². The van der Waals surface area contributed by atoms with Crippen LogP contribution < -0.4 is 5.32 Å². The highest BCUT2D eigenvalue weighted by atomic mass is 16.5. The van der Waals surface area contributed by atoms with Crippen molar-refractivity contribution in [3.05, 3.63) is 0 Å². The van der Waals surface area contributed by atoms with Crippen LogP contribution in [0.25, 0.3) is 0 Å². The van der Waals surface area contributed by atoms with Gasteiger partial charge < -0.3 is 10.1 Å². The Morgan fingerprint density at radius 3 is 2.69 bits per heavy atom. The molecule has 13 heavy (non-hydrogen) atoms. The van der Waals surface area contributed by atoms with Gasteiger partial charge in [0.2, 0.25) is 0 Å². The molecule has 0 unspecified atom stereocenters. The number of nitrogens with one attached hydrogen (secondary N) is 1. The minimum Gasteiger partial charge on any atom is -0.370 e. The predicted molar refractivity (Wildman–Crippen MR) is 55.9 cm³/mol. The standard InChI is InChI=1S/C11H23NO/c1-9(2)5-6-10-7-12-8-11(3,4)13-10/h9-10,12H,5-8H2,1-4H3/t10-/m0/s1. The third kappa shape index (κ3) is 4.10. The predicted octanol–water partition coefficient (Wildman–Crippen LogP) is 2.19. The summed E-state index contributed by atoms with van der Waals surface area (Å²) in [5, 5.41) is 3.42. The second-order valence-electron chi connectivity index (χ2n) is 5.10. The lowest BCUT2D eigenvalue weighted by atomic mass is 10.0. The van der Waals surface area contributed by atoms with E-state index in [4.69, 9.17) is 4.74 Å². The van der Waals surface area contributed by atoms with Crippen molar-refractivity contribution in [3.8, 4) is 0 Å². The summed E-state index contributed by atoms with van der Waals surface area (Å²) in [6.45, 7) is 10.8. The molecule has 2 heteroatoms. The summed E-state index contributed by atoms with van der Waals surface area (Å²) in [7, 11) is 0. The van der Waals surface area contributed by atoms with E-state index >= 15 is 0 Å². The van der Waals surface area contributed by atoms with Crippen LogP contribution in [-0.2, 0) is 4.74 Å². The molecule has 1 rings (SSSR count). The maximum Gasteiger partial charge on any atom is 0.0754 e. The summed E-state index contributed by atoms with van der Waals surface area (Å²) < 4.78 is 5.96. The summed E-state index contributed by atoms with van der Waals surface area (Å²) >= 11 is 0. The minimum atomic E-state index is 0.0277. The van der Waals surface area contributed by atoms with Crippen LogP contribution in [0.2, 0.25) is 0 Å². The molecule has 0 amide bonds. The van der Waals surface area contributed by atoms with Crippen LogP contribution in [0.5, 0.6) is 0 Å². The van der Waals surface area contributed by atoms with Crippen LogP contribution in [0.3, 0.4) is 0 Å². The van der Waals surface area contributed by atoms with Crippen molar-refractivity contribution in [1.82, 2.24) is 5.32 Å². The number of rotatable bonds is 3. The number of ether oxygens (including phenoxy) is 1. The van der Waals surface area contributed by atoms with Crippen molar-refractivity contribution in [3.63, 3.8) is 0 Å². The van der Waals surface area contributed by atoms with Gasteiger partial charge in [0.15, 0.2) is 0 Å². The highest BCUT2D eigenvalue weighted by Crippen LogP contribution is 2.19. The lowest BCUT2D eigenvalue weighted by Gasteiger charge is -2.37. The van der Waals surface area contributed by atoms with Gasteiger partial charge >= 0.3 is 0 Å². The van der Waals surface area contributed by atoms with Crippen molar-refractivity contribution in [1.29, 1.82) is 0 Å². The fourth-order valence-electron chi connectivity index (χ4n) is 1.75. The molecular formula is C11H23NO. The molecule has 78 valence electrons. The largest absolute Gasteiger partial charge is 0.370 e. The lowest BCUT2D eigenvalue weighted by molar-refractivity contribution is -0.0974. The third-order valence-corrected chi connectivity index (χ3v) is 2.47. The van der Waals surface area contributed by atoms with E-state index in [2.05, 4.69) is 33.0 Å². The fourth-order valence-corrected chi connectivity index (χ4v) is 1.75. The van der Waals surface area contributed by atoms with Gasteiger partial charge in [0.05, 0.1) is 11.7 Å². The van der Waals surface area contributed by atoms with E-state index in [1.165, 1.54) is 12.8 Å². The smallest absolute Gasteiger partial charge is 0.0754 e. The summed E-state index contributed by atoms with van der Waals surface area (Å²) in [6, 6.07) is 0. The highest BCUT2D eigenvalue weighted by Gasteiger charge is 2.27. The molecule has 0 aromatic carbocycles. The molecule has 1 heterocycles. The molecule has 1 atom stereocenters. The van der Waals surface area contributed by atoms with Gasteiger partial charge in [0.1, 0.15) is 0 Å². The molecule has 1 N–H and O–H groups in total. The van der Waals surface area contributed by atoms with E-state index in [1.807, 2.05) is 0 Å². The Bertz CT molecular complexity index is 154. The fraction of sp³-hybridized carbons (Fsp3) is 1.00. The molecule has 1 saturated heterocycles. The van der Waals surface area contributed by atoms with Gasteiger partial charge in [0.25, 0.3) is 0 Å². The first-order chi connectivity index (χ1) is 5.99. The quantitative estimate of drug-likeness (QED) is 0.727. The summed E-state index contributed by atoms with van der Waals surface area (Å²) in [4.78, 5) is 0. The molecule has 0 aromatic heterocycles. The average Bonchev–Trinajstić information content (AvgIpc) is 1.99. The van der Waals surface area contributed by atoms with Crippen molar-refractivity contribution in [2.24, 2.45) is 5.92 Å². The summed E-state index contributed by atoms with van der Waals surface area (Å²) in [5.74, 6) is 0.786. The molecule has 0 spiro atoms. The Kier molecular flexibility index (Phi) is 3.74. The first kappa shape index (κ1) is 11.0. The summed E-state index contributed by atoms with van der Waals surface area (Å²) in [6.07, 6.45) is 2.88. The molecule has 0 saturated carbocycles. The Balaban J connectivity index is 2.26. The van der Waals surface area contributed by atoms with Gasteiger partial charge in [0, 0.05) is 13.1 Å². The van der Waals surface area contributed by atoms with Crippen LogP contribution in [0.15, 0.2) is 0 Å². The number of hydrogen-bond acceptors (Lipinski definition) is 2. The molecule has 0 bridgehead atoms. The molecule has 1 aliphatic heterocycles. The number of hydrogen-bond donors (Lipinski definition) is 1. The second-order valence-corrected chi connectivity index (χ2v) is 5.10. The zero-order valence-electron chi connectivity index (χ0n) is 9.39. The molecular weight excluding hydrogens is 162 g/mol. The Hall–Kier alpha value is -0.0800. The third-order valence-electron chi connectivity index (χ3n) is 2.47. The van der Waals surface area contributed by atoms with E-state index in [9.17, 15) is 0 Å². The Morgan fingerprint density at radius 1 is 1.46 bits per heavy atom. The van der Waals surface area contributed by atoms with Gasteiger partial charge in [-0.3, -0.25) is 0 Å². The van der Waals surface area contributed by atoms with Crippen LogP contribution in [-0.4, -0.2) is 24.8 Å². The van der Waals surface area contributed by atoms with E-state index in [-0.39, 0.29) is 5.60 Å². The summed E-state index contributed by atoms with van der Waals surface area (Å²) in [5.41, 5.74) is 0.0277. The van der Waals surface area contributed by atoms with Gasteiger partial charge in [-0.1, -0.05) is 13.8 Å². The maximum atomic E-state index is 5.96. The monoisotopic (exact) mass is 185 g/mol. The molecule has 0 radical (unpaired) electrons. The second kappa shape index (κ2) is 4.43. The van der Waals surface area contributed by atoms with Crippen LogP contribution in [0.1, 0.15) is 40.5 Å². The SMILES string of the molecule is CC(C)CC[C@H]1CNCC(C)(C)O1. The van der Waals surface area contributed by atoms with Gasteiger partial charge in [-0.25, -0.2) is 0 Å². The average molecular weight is 185 g/mol. The van der Waals surface area contributed by atoms with Gasteiger partial charge in [-0.2, -0.15) is 0 Å². The van der Waals surface area contributed by atoms with Crippen molar-refractivity contribution < 1.29 is 4.74 Å². The molecule has 2 nitrogen and oxygen atoms in total. The van der Waals surface area contributed by atoms with Crippen LogP contribution in [0.4, 0.5) is 0 Å². The van der Waals surface area contributed by atoms with E-state index < -0.39 is 0 Å². The van der Waals surface area contributed by atoms with Gasteiger partial charge in [-0.05, 0) is 32.6 Å². The van der Waals surface area contributed by atoms with Crippen LogP contribution in [0, 0.1) is 5.92 Å². The normalized spacial score (nSPS) is 27.9. The van der Waals surface area contributed by atoms with Crippen molar-refractivity contribution in [2.75, 3.05) is 13.1 Å².